The van der Waals surface area contributed by atoms with Gasteiger partial charge in [-0.3, -0.25) is 19.3 Å². The second-order valence-corrected chi connectivity index (χ2v) is 11.0. The molecule has 4 atom stereocenters. The lowest BCUT2D eigenvalue weighted by Gasteiger charge is -2.34. The highest BCUT2D eigenvalue weighted by Gasteiger charge is 2.38. The van der Waals surface area contributed by atoms with Crippen molar-refractivity contribution >= 4 is 23.8 Å². The maximum absolute atomic E-state index is 13.7. The Bertz CT molecular complexity index is 909. The van der Waals surface area contributed by atoms with Crippen LogP contribution in [-0.4, -0.2) is 60.9 Å². The molecule has 3 rings (SSSR count). The van der Waals surface area contributed by atoms with E-state index in [2.05, 4.69) is 29.8 Å². The Morgan fingerprint density at radius 2 is 1.64 bits per heavy atom. The first-order valence-electron chi connectivity index (χ1n) is 12.9. The predicted octanol–water partition coefficient (Wildman–Crippen LogP) is 3.18. The Morgan fingerprint density at radius 3 is 2.17 bits per heavy atom. The quantitative estimate of drug-likeness (QED) is 0.509. The van der Waals surface area contributed by atoms with Crippen LogP contribution in [0.25, 0.3) is 6.08 Å². The van der Waals surface area contributed by atoms with Crippen LogP contribution in [0.3, 0.4) is 0 Å². The molecule has 1 aromatic rings. The first-order chi connectivity index (χ1) is 16.9. The SMILES string of the molecule is CC(C)C[C@@H]1NC(=O)[C@@H](NC(=O)[C@H](CC(C)C)N(C)C)[C@H](C(C)C)Oc2ccc(cc2)C=CNC1=O. The molecule has 2 bridgehead atoms. The van der Waals surface area contributed by atoms with E-state index in [9.17, 15) is 14.4 Å². The van der Waals surface area contributed by atoms with E-state index in [4.69, 9.17) is 4.74 Å². The number of hydrogen-bond acceptors (Lipinski definition) is 5. The molecule has 2 aliphatic rings. The number of rotatable bonds is 8. The van der Waals surface area contributed by atoms with Gasteiger partial charge in [0.15, 0.2) is 0 Å². The molecule has 2 aliphatic heterocycles. The average Bonchev–Trinajstić information content (AvgIpc) is 2.78. The summed E-state index contributed by atoms with van der Waals surface area (Å²) in [4.78, 5) is 42.0. The molecule has 1 aromatic carbocycles. The van der Waals surface area contributed by atoms with Crippen LogP contribution in [0, 0.1) is 17.8 Å². The van der Waals surface area contributed by atoms with Crippen molar-refractivity contribution < 1.29 is 19.1 Å². The highest BCUT2D eigenvalue weighted by Crippen LogP contribution is 2.21. The van der Waals surface area contributed by atoms with Gasteiger partial charge < -0.3 is 20.7 Å². The zero-order valence-corrected chi connectivity index (χ0v) is 23.0. The van der Waals surface area contributed by atoms with Crippen LogP contribution in [0.15, 0.2) is 30.5 Å². The number of benzene rings is 1. The van der Waals surface area contributed by atoms with Crippen LogP contribution in [0.4, 0.5) is 0 Å². The molecule has 3 amide bonds. The van der Waals surface area contributed by atoms with Gasteiger partial charge in [0, 0.05) is 6.20 Å². The summed E-state index contributed by atoms with van der Waals surface area (Å²) in [5, 5.41) is 8.67. The number of nitrogens with one attached hydrogen (secondary N) is 3. The fourth-order valence-corrected chi connectivity index (χ4v) is 4.23. The molecule has 0 unspecified atom stereocenters. The van der Waals surface area contributed by atoms with Crippen molar-refractivity contribution in [1.29, 1.82) is 0 Å². The normalized spacial score (nSPS) is 21.8. The third kappa shape index (κ3) is 8.66. The van der Waals surface area contributed by atoms with Crippen LogP contribution in [0.2, 0.25) is 0 Å². The Labute approximate surface area is 216 Å². The lowest BCUT2D eigenvalue weighted by atomic mass is 9.95. The largest absolute Gasteiger partial charge is 0.487 e. The fourth-order valence-electron chi connectivity index (χ4n) is 4.23. The highest BCUT2D eigenvalue weighted by atomic mass is 16.5. The molecule has 8 heteroatoms. The summed E-state index contributed by atoms with van der Waals surface area (Å²) in [5.74, 6) is -0.0262. The van der Waals surface area contributed by atoms with Gasteiger partial charge in [-0.25, -0.2) is 0 Å². The molecular weight excluding hydrogens is 456 g/mol. The minimum Gasteiger partial charge on any atom is -0.487 e. The summed E-state index contributed by atoms with van der Waals surface area (Å²) in [5.41, 5.74) is 0.901. The minimum atomic E-state index is -0.993. The standard InChI is InChI=1S/C28H44N4O4/c1-17(2)15-22-26(33)29-14-13-20-9-11-21(12-10-20)36-25(19(5)6)24(28(35)30-22)31-27(34)23(32(7)8)16-18(3)4/h9-14,17-19,22-25H,15-16H2,1-8H3,(H,29,33)(H,30,35)(H,31,34)/t22-,23-,24-,25-/m0/s1. The molecule has 0 fully saturated rings. The number of nitrogens with zero attached hydrogens (tertiary/aromatic N) is 1. The summed E-state index contributed by atoms with van der Waals surface area (Å²) in [6.45, 7) is 12.0. The molecule has 200 valence electrons. The highest BCUT2D eigenvalue weighted by molar-refractivity contribution is 5.93. The van der Waals surface area contributed by atoms with Gasteiger partial charge in [0.2, 0.25) is 17.7 Å². The first kappa shape index (κ1) is 29.4. The molecule has 0 saturated heterocycles. The van der Waals surface area contributed by atoms with Gasteiger partial charge in [0.1, 0.15) is 23.9 Å². The van der Waals surface area contributed by atoms with Crippen LogP contribution in [0.5, 0.6) is 5.75 Å². The van der Waals surface area contributed by atoms with Gasteiger partial charge >= 0.3 is 0 Å². The number of hydrogen-bond donors (Lipinski definition) is 3. The smallest absolute Gasteiger partial charge is 0.247 e. The van der Waals surface area contributed by atoms with Gasteiger partial charge in [-0.05, 0) is 68.5 Å². The topological polar surface area (TPSA) is 99.8 Å². The van der Waals surface area contributed by atoms with Gasteiger partial charge in [0.05, 0.1) is 6.04 Å². The molecular formula is C28H44N4O4. The van der Waals surface area contributed by atoms with Crippen molar-refractivity contribution in [1.82, 2.24) is 20.9 Å². The Kier molecular flexibility index (Phi) is 11.0. The Balaban J connectivity index is 2.50. The van der Waals surface area contributed by atoms with E-state index in [1.54, 1.807) is 12.3 Å². The molecule has 0 aromatic heterocycles. The average molecular weight is 501 g/mol. The summed E-state index contributed by atoms with van der Waals surface area (Å²) >= 11 is 0. The third-order valence-corrected chi connectivity index (χ3v) is 6.18. The van der Waals surface area contributed by atoms with Gasteiger partial charge in [-0.15, -0.1) is 0 Å². The molecule has 2 heterocycles. The van der Waals surface area contributed by atoms with Crippen molar-refractivity contribution in [2.75, 3.05) is 14.1 Å². The lowest BCUT2D eigenvalue weighted by Crippen LogP contribution is -2.61. The van der Waals surface area contributed by atoms with E-state index < -0.39 is 30.1 Å². The van der Waals surface area contributed by atoms with Crippen molar-refractivity contribution in [2.45, 2.75) is 78.6 Å². The molecule has 0 spiro atoms. The van der Waals surface area contributed by atoms with E-state index in [0.717, 1.165) is 5.56 Å². The van der Waals surface area contributed by atoms with Gasteiger partial charge in [-0.2, -0.15) is 0 Å². The predicted molar refractivity (Wildman–Crippen MR) is 143 cm³/mol. The Hall–Kier alpha value is -2.87. The maximum atomic E-state index is 13.7. The second kappa shape index (κ2) is 13.4. The number of carbonyl (C=O) groups excluding carboxylic acids is 3. The van der Waals surface area contributed by atoms with Crippen molar-refractivity contribution in [3.05, 3.63) is 36.0 Å². The lowest BCUT2D eigenvalue weighted by molar-refractivity contribution is -0.136. The van der Waals surface area contributed by atoms with E-state index in [1.807, 2.05) is 71.0 Å². The fraction of sp³-hybridized carbons (Fsp3) is 0.607. The second-order valence-electron chi connectivity index (χ2n) is 11.0. The molecule has 36 heavy (non-hydrogen) atoms. The molecule has 0 aliphatic carbocycles. The van der Waals surface area contributed by atoms with E-state index in [-0.39, 0.29) is 23.7 Å². The third-order valence-electron chi connectivity index (χ3n) is 6.18. The van der Waals surface area contributed by atoms with Gasteiger partial charge in [0.25, 0.3) is 0 Å². The number of carbonyl (C=O) groups is 3. The maximum Gasteiger partial charge on any atom is 0.247 e. The van der Waals surface area contributed by atoms with Crippen molar-refractivity contribution in [3.8, 4) is 5.75 Å². The number of fused-ring (bicyclic) bond motifs is 10. The van der Waals surface area contributed by atoms with Crippen LogP contribution in [0.1, 0.15) is 59.9 Å². The number of likely N-dealkylation sites (N-methyl/N-ethyl adjacent to an activating group) is 1. The Morgan fingerprint density at radius 1 is 1.00 bits per heavy atom. The van der Waals surface area contributed by atoms with E-state index in [1.165, 1.54) is 0 Å². The first-order valence-corrected chi connectivity index (χ1v) is 12.9. The number of amides is 3. The molecule has 0 saturated carbocycles. The van der Waals surface area contributed by atoms with Crippen LogP contribution in [-0.2, 0) is 14.4 Å². The zero-order valence-electron chi connectivity index (χ0n) is 23.0. The van der Waals surface area contributed by atoms with Gasteiger partial charge in [-0.1, -0.05) is 53.7 Å². The van der Waals surface area contributed by atoms with Crippen LogP contribution < -0.4 is 20.7 Å². The summed E-state index contributed by atoms with van der Waals surface area (Å²) in [6, 6.07) is 5.25. The van der Waals surface area contributed by atoms with Crippen molar-refractivity contribution in [3.63, 3.8) is 0 Å². The van der Waals surface area contributed by atoms with E-state index in [0.29, 0.717) is 24.5 Å². The molecule has 8 nitrogen and oxygen atoms in total. The monoisotopic (exact) mass is 500 g/mol. The zero-order chi connectivity index (χ0) is 27.0. The summed E-state index contributed by atoms with van der Waals surface area (Å²) in [6.07, 6.45) is 3.82. The molecule has 0 radical (unpaired) electrons. The minimum absolute atomic E-state index is 0.103. The van der Waals surface area contributed by atoms with Crippen molar-refractivity contribution in [2.24, 2.45) is 17.8 Å². The van der Waals surface area contributed by atoms with E-state index >= 15 is 0 Å². The molecule has 3 N–H and O–H groups in total. The van der Waals surface area contributed by atoms with Crippen LogP contribution >= 0.6 is 0 Å². The number of ether oxygens (including phenoxy) is 1. The summed E-state index contributed by atoms with van der Waals surface area (Å²) in [7, 11) is 3.71. The summed E-state index contributed by atoms with van der Waals surface area (Å²) < 4.78 is 6.31.